The molecule has 2 saturated heterocycles. The van der Waals surface area contributed by atoms with Gasteiger partial charge < -0.3 is 25.2 Å². The van der Waals surface area contributed by atoms with Crippen LogP contribution in [-0.4, -0.2) is 106 Å². The van der Waals surface area contributed by atoms with E-state index in [0.29, 0.717) is 79.3 Å². The van der Waals surface area contributed by atoms with Crippen LogP contribution in [0.5, 0.6) is 5.75 Å². The second-order valence-electron chi connectivity index (χ2n) is 15.2. The first-order chi connectivity index (χ1) is 31.1. The number of nitrogens with one attached hydrogen (secondary N) is 3. The van der Waals surface area contributed by atoms with Gasteiger partial charge in [0.25, 0.3) is 17.7 Å². The molecule has 5 heterocycles. The van der Waals surface area contributed by atoms with E-state index in [1.165, 1.54) is 43.8 Å². The van der Waals surface area contributed by atoms with Crippen LogP contribution in [0.25, 0.3) is 22.5 Å². The molecule has 3 aliphatic heterocycles. The summed E-state index contributed by atoms with van der Waals surface area (Å²) in [7, 11) is 1.40. The Morgan fingerprint density at radius 2 is 1.73 bits per heavy atom. The van der Waals surface area contributed by atoms with E-state index in [1.807, 2.05) is 6.07 Å². The van der Waals surface area contributed by atoms with Crippen molar-refractivity contribution in [1.82, 2.24) is 30.1 Å². The summed E-state index contributed by atoms with van der Waals surface area (Å²) in [6.45, 7) is 2.09. The van der Waals surface area contributed by atoms with E-state index < -0.39 is 41.4 Å². The Labute approximate surface area is 366 Å². The molecule has 5 aromatic rings. The number of unbranched alkanes of at least 4 members (excludes halogenated alkanes) is 1. The van der Waals surface area contributed by atoms with Gasteiger partial charge in [0.15, 0.2) is 5.82 Å². The maximum Gasteiger partial charge on any atom is 0.274 e. The summed E-state index contributed by atoms with van der Waals surface area (Å²) in [5.74, 6) is -3.31. The number of hydrogen-bond acceptors (Lipinski definition) is 13. The number of hydrogen-bond donors (Lipinski definition) is 3. The van der Waals surface area contributed by atoms with Crippen LogP contribution in [0.15, 0.2) is 85.3 Å². The van der Waals surface area contributed by atoms with Crippen molar-refractivity contribution in [1.29, 1.82) is 5.26 Å². The van der Waals surface area contributed by atoms with Crippen molar-refractivity contribution in [2.45, 2.75) is 38.1 Å². The van der Waals surface area contributed by atoms with Gasteiger partial charge in [-0.25, -0.2) is 14.4 Å². The molecule has 3 aromatic carbocycles. The molecule has 0 bridgehead atoms. The number of nitriles is 1. The summed E-state index contributed by atoms with van der Waals surface area (Å²) in [5.41, 5.74) is 3.64. The minimum absolute atomic E-state index is 0.0114. The van der Waals surface area contributed by atoms with Crippen molar-refractivity contribution in [2.75, 3.05) is 55.4 Å². The number of carbonyl (C=O) groups excluding carboxylic acids is 6. The molecule has 8 rings (SSSR count). The molecular formula is C46H41FN10O7. The number of halogens is 1. The summed E-state index contributed by atoms with van der Waals surface area (Å²) < 4.78 is 20.2. The number of pyridine rings is 1. The molecule has 1 unspecified atom stereocenters. The van der Waals surface area contributed by atoms with Crippen molar-refractivity contribution < 1.29 is 37.9 Å². The first-order valence-electron chi connectivity index (χ1n) is 20.6. The number of ether oxygens (including phenoxy) is 1. The van der Waals surface area contributed by atoms with Crippen molar-refractivity contribution in [3.8, 4) is 34.3 Å². The normalized spacial score (nSPS) is 16.0. The zero-order valence-corrected chi connectivity index (χ0v) is 34.6. The van der Waals surface area contributed by atoms with E-state index in [9.17, 15) is 38.4 Å². The Bertz CT molecular complexity index is 2750. The molecule has 0 spiro atoms. The van der Waals surface area contributed by atoms with E-state index in [2.05, 4.69) is 41.9 Å². The molecule has 0 radical (unpaired) electrons. The standard InChI is InChI=1S/C46H41FN10O7/c1-64-37-9-5-7-31(47)41(37)42-51-19-16-34(52-42)43(60)53-32-12-11-27(30-26-49-18-15-28(30)25-48)24-36(32)55-20-22-56(23-21-55)39(59)10-2-3-17-50-33-8-4-6-29-40(33)46(63)57(45(29)62)35-13-14-38(58)54-44(35)61/h4-9,11-12,15-16,18-19,24,26,35,50H,2-3,10,13-14,17,20-23H2,1H3,(H,53,60)(H,54,58,61). The Morgan fingerprint density at radius 3 is 2.52 bits per heavy atom. The molecule has 6 amide bonds. The number of benzene rings is 3. The fourth-order valence-corrected chi connectivity index (χ4v) is 8.11. The van der Waals surface area contributed by atoms with E-state index in [-0.39, 0.29) is 59.1 Å². The lowest BCUT2D eigenvalue weighted by molar-refractivity contribution is -0.136. The van der Waals surface area contributed by atoms with Crippen LogP contribution < -0.4 is 25.6 Å². The molecule has 0 aliphatic carbocycles. The number of anilines is 3. The molecular weight excluding hydrogens is 824 g/mol. The first-order valence-corrected chi connectivity index (χ1v) is 20.6. The number of nitrogens with zero attached hydrogens (tertiary/aromatic N) is 7. The predicted octanol–water partition coefficient (Wildman–Crippen LogP) is 4.81. The first kappa shape index (κ1) is 42.6. The van der Waals surface area contributed by atoms with Crippen molar-refractivity contribution in [3.05, 3.63) is 114 Å². The highest BCUT2D eigenvalue weighted by molar-refractivity contribution is 6.25. The third-order valence-electron chi connectivity index (χ3n) is 11.4. The number of carbonyl (C=O) groups is 6. The maximum absolute atomic E-state index is 14.9. The summed E-state index contributed by atoms with van der Waals surface area (Å²) in [6, 6.07) is 18.8. The molecule has 18 heteroatoms. The Balaban J connectivity index is 0.902. The van der Waals surface area contributed by atoms with Gasteiger partial charge in [0, 0.05) is 75.4 Å². The van der Waals surface area contributed by atoms with E-state index in [1.54, 1.807) is 47.5 Å². The van der Waals surface area contributed by atoms with Gasteiger partial charge in [-0.1, -0.05) is 18.2 Å². The Hall–Kier alpha value is -8.07. The van der Waals surface area contributed by atoms with Crippen LogP contribution in [-0.2, 0) is 14.4 Å². The SMILES string of the molecule is COc1cccc(F)c1-c1nccc(C(=O)Nc2ccc(-c3cnccc3C#N)cc2N2CCN(C(=O)CCCCNc3cccc4c3C(=O)N(C3CCC(=O)NC3=O)C4=O)CC2)n1. The fourth-order valence-electron chi connectivity index (χ4n) is 8.11. The van der Waals surface area contributed by atoms with Gasteiger partial charge in [-0.15, -0.1) is 0 Å². The summed E-state index contributed by atoms with van der Waals surface area (Å²) in [5, 5.41) is 18.2. The lowest BCUT2D eigenvalue weighted by atomic mass is 10.0. The number of piperazine rings is 1. The number of imide groups is 2. The van der Waals surface area contributed by atoms with Gasteiger partial charge in [-0.05, 0) is 73.4 Å². The van der Waals surface area contributed by atoms with E-state index in [0.717, 1.165) is 4.90 Å². The van der Waals surface area contributed by atoms with Gasteiger partial charge in [0.05, 0.1) is 46.8 Å². The second-order valence-corrected chi connectivity index (χ2v) is 15.2. The Morgan fingerprint density at radius 1 is 0.922 bits per heavy atom. The van der Waals surface area contributed by atoms with E-state index in [4.69, 9.17) is 4.74 Å². The van der Waals surface area contributed by atoms with Crippen molar-refractivity contribution >= 4 is 52.5 Å². The molecule has 1 atom stereocenters. The average Bonchev–Trinajstić information content (AvgIpc) is 3.57. The molecule has 17 nitrogen and oxygen atoms in total. The highest BCUT2D eigenvalue weighted by Gasteiger charge is 2.45. The van der Waals surface area contributed by atoms with Gasteiger partial charge in [0.1, 0.15) is 23.3 Å². The number of amides is 6. The van der Waals surface area contributed by atoms with Crippen LogP contribution in [0.3, 0.4) is 0 Å². The highest BCUT2D eigenvalue weighted by atomic mass is 19.1. The van der Waals surface area contributed by atoms with Gasteiger partial charge in [-0.3, -0.25) is 44.0 Å². The molecule has 3 N–H and O–H groups in total. The number of methoxy groups -OCH3 is 1. The topological polar surface area (TPSA) is 220 Å². The number of piperidine rings is 1. The number of fused-ring (bicyclic) bond motifs is 1. The third kappa shape index (κ3) is 8.55. The summed E-state index contributed by atoms with van der Waals surface area (Å²) in [6.07, 6.45) is 6.02. The maximum atomic E-state index is 14.9. The fraction of sp³-hybridized carbons (Fsp3) is 0.261. The largest absolute Gasteiger partial charge is 0.496 e. The average molecular weight is 865 g/mol. The van der Waals surface area contributed by atoms with Gasteiger partial charge in [0.2, 0.25) is 17.7 Å². The number of rotatable bonds is 13. The molecule has 64 heavy (non-hydrogen) atoms. The minimum Gasteiger partial charge on any atom is -0.496 e. The molecule has 0 saturated carbocycles. The predicted molar refractivity (Wildman–Crippen MR) is 231 cm³/mol. The smallest absolute Gasteiger partial charge is 0.274 e. The van der Waals surface area contributed by atoms with Crippen molar-refractivity contribution in [3.63, 3.8) is 0 Å². The molecule has 2 fully saturated rings. The van der Waals surface area contributed by atoms with Crippen LogP contribution in [0, 0.1) is 17.1 Å². The van der Waals surface area contributed by atoms with Crippen molar-refractivity contribution in [2.24, 2.45) is 0 Å². The molecule has 324 valence electrons. The van der Waals surface area contributed by atoms with Crippen LogP contribution in [0.4, 0.5) is 21.5 Å². The molecule has 3 aliphatic rings. The summed E-state index contributed by atoms with van der Waals surface area (Å²) >= 11 is 0. The van der Waals surface area contributed by atoms with E-state index >= 15 is 0 Å². The monoisotopic (exact) mass is 864 g/mol. The van der Waals surface area contributed by atoms with Crippen LogP contribution in [0.2, 0.25) is 0 Å². The second kappa shape index (κ2) is 18.5. The zero-order chi connectivity index (χ0) is 44.9. The van der Waals surface area contributed by atoms with Crippen LogP contribution in [0.1, 0.15) is 68.9 Å². The molecule has 2 aromatic heterocycles. The van der Waals surface area contributed by atoms with Gasteiger partial charge >= 0.3 is 0 Å². The highest BCUT2D eigenvalue weighted by Crippen LogP contribution is 2.36. The van der Waals surface area contributed by atoms with Crippen LogP contribution >= 0.6 is 0 Å². The summed E-state index contributed by atoms with van der Waals surface area (Å²) in [4.78, 5) is 95.5. The minimum atomic E-state index is -1.06. The lowest BCUT2D eigenvalue weighted by Gasteiger charge is -2.37. The quantitative estimate of drug-likeness (QED) is 0.107. The number of aromatic nitrogens is 3. The lowest BCUT2D eigenvalue weighted by Crippen LogP contribution is -2.54. The van der Waals surface area contributed by atoms with Gasteiger partial charge in [-0.2, -0.15) is 5.26 Å². The Kier molecular flexibility index (Phi) is 12.3. The zero-order valence-electron chi connectivity index (χ0n) is 34.6. The third-order valence-corrected chi connectivity index (χ3v) is 11.4.